The first-order chi connectivity index (χ1) is 8.08. The van der Waals surface area contributed by atoms with Crippen molar-refractivity contribution < 1.29 is 9.53 Å². The predicted octanol–water partition coefficient (Wildman–Crippen LogP) is 0.0695. The van der Waals surface area contributed by atoms with Crippen molar-refractivity contribution in [1.82, 2.24) is 4.57 Å². The monoisotopic (exact) mass is 235 g/mol. The summed E-state index contributed by atoms with van der Waals surface area (Å²) >= 11 is 0. The number of aromatic nitrogens is 1. The molecule has 90 valence electrons. The largest absolute Gasteiger partial charge is 0.384 e. The lowest BCUT2D eigenvalue weighted by atomic mass is 10.1. The molecule has 0 aromatic carbocycles. The molecule has 2 N–H and O–H groups in total. The van der Waals surface area contributed by atoms with Gasteiger partial charge in [0.15, 0.2) is 6.29 Å². The van der Waals surface area contributed by atoms with Gasteiger partial charge in [-0.25, -0.2) is 0 Å². The Morgan fingerprint density at radius 2 is 2.24 bits per heavy atom. The molecule has 1 rings (SSSR count). The number of nitrogen functional groups attached to an aromatic ring is 1. The van der Waals surface area contributed by atoms with E-state index in [9.17, 15) is 9.59 Å². The van der Waals surface area contributed by atoms with Gasteiger partial charge in [-0.05, 0) is 12.5 Å². The van der Waals surface area contributed by atoms with Crippen LogP contribution in [-0.4, -0.2) is 24.6 Å². The maximum atomic E-state index is 11.9. The second-order valence-corrected chi connectivity index (χ2v) is 3.48. The highest BCUT2D eigenvalue weighted by atomic mass is 16.5. The first-order valence-corrected chi connectivity index (χ1v) is 4.95. The lowest BCUT2D eigenvalue weighted by molar-refractivity contribution is 0.112. The fourth-order valence-corrected chi connectivity index (χ4v) is 1.56. The van der Waals surface area contributed by atoms with Gasteiger partial charge in [0, 0.05) is 7.11 Å². The van der Waals surface area contributed by atoms with Gasteiger partial charge >= 0.3 is 0 Å². The van der Waals surface area contributed by atoms with Gasteiger partial charge in [0.25, 0.3) is 5.56 Å². The van der Waals surface area contributed by atoms with Gasteiger partial charge in [0.2, 0.25) is 0 Å². The first kappa shape index (κ1) is 12.9. The number of nitriles is 1. The van der Waals surface area contributed by atoms with Crippen molar-refractivity contribution in [2.24, 2.45) is 0 Å². The molecule has 1 aromatic heterocycles. The van der Waals surface area contributed by atoms with E-state index in [0.29, 0.717) is 11.8 Å². The van der Waals surface area contributed by atoms with Gasteiger partial charge < -0.3 is 10.5 Å². The molecule has 1 aromatic rings. The summed E-state index contributed by atoms with van der Waals surface area (Å²) in [5.41, 5.74) is 5.67. The zero-order valence-corrected chi connectivity index (χ0v) is 9.69. The van der Waals surface area contributed by atoms with Crippen molar-refractivity contribution in [2.45, 2.75) is 13.5 Å². The molecule has 0 atom stereocenters. The number of methoxy groups -OCH3 is 1. The van der Waals surface area contributed by atoms with Crippen LogP contribution in [0.15, 0.2) is 4.79 Å². The molecule has 17 heavy (non-hydrogen) atoms. The van der Waals surface area contributed by atoms with Crippen LogP contribution in [-0.2, 0) is 11.3 Å². The van der Waals surface area contributed by atoms with E-state index in [1.54, 1.807) is 6.07 Å². The van der Waals surface area contributed by atoms with Crippen LogP contribution in [0, 0.1) is 18.3 Å². The molecular weight excluding hydrogens is 222 g/mol. The van der Waals surface area contributed by atoms with E-state index >= 15 is 0 Å². The Kier molecular flexibility index (Phi) is 4.01. The van der Waals surface area contributed by atoms with Gasteiger partial charge in [-0.2, -0.15) is 5.26 Å². The second kappa shape index (κ2) is 5.27. The molecule has 0 amide bonds. The zero-order valence-electron chi connectivity index (χ0n) is 9.69. The third-order valence-corrected chi connectivity index (χ3v) is 2.55. The Labute approximate surface area is 98.2 Å². The Hall–Kier alpha value is -2.13. The summed E-state index contributed by atoms with van der Waals surface area (Å²) in [5.74, 6) is 0.0681. The number of rotatable bonds is 4. The molecule has 1 heterocycles. The molecule has 6 nitrogen and oxygen atoms in total. The number of carbonyl (C=O) groups is 1. The van der Waals surface area contributed by atoms with Gasteiger partial charge in [-0.1, -0.05) is 0 Å². The fourth-order valence-electron chi connectivity index (χ4n) is 1.56. The molecule has 0 saturated heterocycles. The lowest BCUT2D eigenvalue weighted by Crippen LogP contribution is -2.29. The van der Waals surface area contributed by atoms with Crippen LogP contribution in [0.3, 0.4) is 0 Å². The Bertz CT molecular complexity index is 540. The summed E-state index contributed by atoms with van der Waals surface area (Å²) in [6.07, 6.45) is 0.550. The van der Waals surface area contributed by atoms with E-state index in [-0.39, 0.29) is 30.1 Å². The van der Waals surface area contributed by atoms with Gasteiger partial charge in [-0.15, -0.1) is 0 Å². The molecular formula is C11H13N3O3. The van der Waals surface area contributed by atoms with E-state index < -0.39 is 5.56 Å². The highest BCUT2D eigenvalue weighted by Crippen LogP contribution is 2.15. The topological polar surface area (TPSA) is 98.1 Å². The number of ether oxygens (including phenoxy) is 1. The summed E-state index contributed by atoms with van der Waals surface area (Å²) in [6.45, 7) is 2.01. The number of nitrogens with two attached hydrogens (primary N) is 1. The third-order valence-electron chi connectivity index (χ3n) is 2.55. The molecule has 0 aliphatic carbocycles. The van der Waals surface area contributed by atoms with Crippen LogP contribution in [0.25, 0.3) is 0 Å². The summed E-state index contributed by atoms with van der Waals surface area (Å²) < 4.78 is 6.03. The van der Waals surface area contributed by atoms with Crippen LogP contribution in [0.2, 0.25) is 0 Å². The van der Waals surface area contributed by atoms with E-state index in [0.717, 1.165) is 0 Å². The van der Waals surface area contributed by atoms with Crippen molar-refractivity contribution in [3.05, 3.63) is 27.0 Å². The summed E-state index contributed by atoms with van der Waals surface area (Å²) in [7, 11) is 1.49. The van der Waals surface area contributed by atoms with E-state index in [2.05, 4.69) is 0 Å². The minimum Gasteiger partial charge on any atom is -0.384 e. The quantitative estimate of drug-likeness (QED) is 0.744. The van der Waals surface area contributed by atoms with Crippen LogP contribution < -0.4 is 11.3 Å². The number of carbonyl (C=O) groups excluding carboxylic acids is 1. The molecule has 0 radical (unpaired) electrons. The Morgan fingerprint density at radius 3 is 2.71 bits per heavy atom. The number of hydrogen-bond acceptors (Lipinski definition) is 5. The van der Waals surface area contributed by atoms with E-state index in [1.807, 2.05) is 0 Å². The maximum Gasteiger partial charge on any atom is 0.270 e. The number of nitrogens with zero attached hydrogens (tertiary/aromatic N) is 2. The molecule has 0 saturated carbocycles. The SMILES string of the molecule is COCCn1c(N)c(C=O)c(C)c(C#N)c1=O. The molecule has 0 bridgehead atoms. The molecule has 0 fully saturated rings. The zero-order chi connectivity index (χ0) is 13.0. The van der Waals surface area contributed by atoms with Crippen molar-refractivity contribution in [2.75, 3.05) is 19.5 Å². The fraction of sp³-hybridized carbons (Fsp3) is 0.364. The molecule has 0 unspecified atom stereocenters. The summed E-state index contributed by atoms with van der Waals surface area (Å²) in [5, 5.41) is 8.91. The second-order valence-electron chi connectivity index (χ2n) is 3.48. The Balaban J connectivity index is 3.55. The van der Waals surface area contributed by atoms with Crippen LogP contribution in [0.4, 0.5) is 5.82 Å². The highest BCUT2D eigenvalue weighted by Gasteiger charge is 2.16. The highest BCUT2D eigenvalue weighted by molar-refractivity contribution is 5.85. The molecule has 0 aliphatic rings. The van der Waals surface area contributed by atoms with E-state index in [4.69, 9.17) is 15.7 Å². The first-order valence-electron chi connectivity index (χ1n) is 4.95. The van der Waals surface area contributed by atoms with Crippen LogP contribution in [0.1, 0.15) is 21.5 Å². The van der Waals surface area contributed by atoms with Crippen molar-refractivity contribution in [3.8, 4) is 6.07 Å². The van der Waals surface area contributed by atoms with E-state index in [1.165, 1.54) is 18.6 Å². The van der Waals surface area contributed by atoms with Gasteiger partial charge in [0.05, 0.1) is 18.7 Å². The minimum absolute atomic E-state index is 0.0580. The van der Waals surface area contributed by atoms with Crippen LogP contribution in [0.5, 0.6) is 0 Å². The van der Waals surface area contributed by atoms with Gasteiger partial charge in [0.1, 0.15) is 17.5 Å². The predicted molar refractivity (Wildman–Crippen MR) is 61.8 cm³/mol. The average molecular weight is 235 g/mol. The smallest absolute Gasteiger partial charge is 0.270 e. The van der Waals surface area contributed by atoms with Crippen molar-refractivity contribution in [3.63, 3.8) is 0 Å². The lowest BCUT2D eigenvalue weighted by Gasteiger charge is -2.13. The summed E-state index contributed by atoms with van der Waals surface area (Å²) in [4.78, 5) is 22.8. The maximum absolute atomic E-state index is 11.9. The number of aldehydes is 1. The minimum atomic E-state index is -0.495. The normalized spacial score (nSPS) is 9.94. The molecule has 0 spiro atoms. The Morgan fingerprint density at radius 1 is 1.59 bits per heavy atom. The molecule has 0 aliphatic heterocycles. The van der Waals surface area contributed by atoms with Crippen molar-refractivity contribution in [1.29, 1.82) is 5.26 Å². The average Bonchev–Trinajstić information content (AvgIpc) is 2.30. The summed E-state index contributed by atoms with van der Waals surface area (Å²) in [6, 6.07) is 1.79. The number of pyridine rings is 1. The molecule has 6 heteroatoms. The third kappa shape index (κ3) is 2.19. The van der Waals surface area contributed by atoms with Gasteiger partial charge in [-0.3, -0.25) is 14.2 Å². The standard InChI is InChI=1S/C11H13N3O3/c1-7-8(5-12)11(16)14(3-4-17-2)10(13)9(7)6-15/h6H,3-4,13H2,1-2H3. The van der Waals surface area contributed by atoms with Crippen molar-refractivity contribution >= 4 is 12.1 Å². The number of anilines is 1. The van der Waals surface area contributed by atoms with Crippen LogP contribution >= 0.6 is 0 Å². The number of hydrogen-bond donors (Lipinski definition) is 1.